The number of benzene rings is 1. The summed E-state index contributed by atoms with van der Waals surface area (Å²) in [4.78, 5) is 22.5. The molecule has 3 nitrogen and oxygen atoms in total. The number of carbonyl (C=O) groups is 2. The Labute approximate surface area is 120 Å². The number of hydrogen-bond acceptors (Lipinski definition) is 3. The van der Waals surface area contributed by atoms with Gasteiger partial charge in [0, 0.05) is 0 Å². The number of allylic oxidation sites excluding steroid dienone is 1. The van der Waals surface area contributed by atoms with Crippen LogP contribution in [0.5, 0.6) is 0 Å². The first kappa shape index (κ1) is 16.2. The van der Waals surface area contributed by atoms with E-state index in [2.05, 4.69) is 0 Å². The molecule has 0 N–H and O–H groups in total. The third-order valence-electron chi connectivity index (χ3n) is 3.27. The van der Waals surface area contributed by atoms with Crippen LogP contribution in [0.1, 0.15) is 38.3 Å². The summed E-state index contributed by atoms with van der Waals surface area (Å²) in [5.74, 6) is -0.146. The van der Waals surface area contributed by atoms with Gasteiger partial charge in [0.2, 0.25) is 0 Å². The summed E-state index contributed by atoms with van der Waals surface area (Å²) in [7, 11) is 1.42. The van der Waals surface area contributed by atoms with Crippen molar-refractivity contribution in [1.29, 1.82) is 0 Å². The molecule has 0 atom stereocenters. The van der Waals surface area contributed by atoms with Gasteiger partial charge >= 0.3 is 5.97 Å². The van der Waals surface area contributed by atoms with Crippen LogP contribution >= 0.6 is 0 Å². The van der Waals surface area contributed by atoms with E-state index in [1.807, 2.05) is 38.1 Å². The highest BCUT2D eigenvalue weighted by molar-refractivity contribution is 5.91. The summed E-state index contributed by atoms with van der Waals surface area (Å²) in [6.07, 6.45) is 4.90. The largest absolute Gasteiger partial charge is 0.469 e. The molecule has 0 aliphatic carbocycles. The SMILES string of the molecule is COC(=O)C(C)(C)CCc1ccc(/C=C/C(C)=O)cc1. The van der Waals surface area contributed by atoms with Gasteiger partial charge in [-0.25, -0.2) is 0 Å². The van der Waals surface area contributed by atoms with Crippen LogP contribution in [0.15, 0.2) is 30.3 Å². The quantitative estimate of drug-likeness (QED) is 0.589. The van der Waals surface area contributed by atoms with Crippen molar-refractivity contribution in [2.45, 2.75) is 33.6 Å². The molecule has 0 heterocycles. The standard InChI is InChI=1S/C17H22O3/c1-13(18)5-6-14-7-9-15(10-8-14)11-12-17(2,3)16(19)20-4/h5-10H,11-12H2,1-4H3/b6-5+. The van der Waals surface area contributed by atoms with Gasteiger partial charge in [-0.1, -0.05) is 30.3 Å². The van der Waals surface area contributed by atoms with Crippen LogP contribution < -0.4 is 0 Å². The van der Waals surface area contributed by atoms with Crippen molar-refractivity contribution in [3.8, 4) is 0 Å². The van der Waals surface area contributed by atoms with E-state index in [1.165, 1.54) is 19.6 Å². The second-order valence-corrected chi connectivity index (χ2v) is 5.56. The van der Waals surface area contributed by atoms with Crippen molar-refractivity contribution in [1.82, 2.24) is 0 Å². The molecule has 0 unspecified atom stereocenters. The van der Waals surface area contributed by atoms with Gasteiger partial charge in [0.05, 0.1) is 12.5 Å². The van der Waals surface area contributed by atoms with Gasteiger partial charge < -0.3 is 4.74 Å². The third kappa shape index (κ3) is 5.00. The molecule has 108 valence electrons. The fraction of sp³-hybridized carbons (Fsp3) is 0.412. The summed E-state index contributed by atoms with van der Waals surface area (Å²) < 4.78 is 4.80. The van der Waals surface area contributed by atoms with E-state index in [-0.39, 0.29) is 11.8 Å². The van der Waals surface area contributed by atoms with Crippen molar-refractivity contribution in [3.05, 3.63) is 41.5 Å². The fourth-order valence-corrected chi connectivity index (χ4v) is 1.84. The van der Waals surface area contributed by atoms with Crippen molar-refractivity contribution >= 4 is 17.8 Å². The maximum absolute atomic E-state index is 11.6. The van der Waals surface area contributed by atoms with Gasteiger partial charge in [0.1, 0.15) is 0 Å². The van der Waals surface area contributed by atoms with Crippen LogP contribution in [-0.4, -0.2) is 18.9 Å². The topological polar surface area (TPSA) is 43.4 Å². The van der Waals surface area contributed by atoms with Gasteiger partial charge in [0.25, 0.3) is 0 Å². The molecule has 0 bridgehead atoms. The minimum atomic E-state index is -0.470. The lowest BCUT2D eigenvalue weighted by atomic mass is 9.86. The lowest BCUT2D eigenvalue weighted by Crippen LogP contribution is -2.26. The number of ketones is 1. The summed E-state index contributed by atoms with van der Waals surface area (Å²) in [5.41, 5.74) is 1.69. The first-order valence-electron chi connectivity index (χ1n) is 6.71. The van der Waals surface area contributed by atoms with Gasteiger partial charge in [-0.2, -0.15) is 0 Å². The predicted molar refractivity (Wildman–Crippen MR) is 80.3 cm³/mol. The molecule has 0 radical (unpaired) electrons. The average Bonchev–Trinajstić information content (AvgIpc) is 2.43. The number of aryl methyl sites for hydroxylation is 1. The zero-order valence-electron chi connectivity index (χ0n) is 12.6. The number of ether oxygens (including phenoxy) is 1. The summed E-state index contributed by atoms with van der Waals surface area (Å²) in [6.45, 7) is 5.31. The highest BCUT2D eigenvalue weighted by Crippen LogP contribution is 2.24. The van der Waals surface area contributed by atoms with E-state index in [1.54, 1.807) is 12.2 Å². The van der Waals surface area contributed by atoms with Crippen LogP contribution in [0.4, 0.5) is 0 Å². The predicted octanol–water partition coefficient (Wildman–Crippen LogP) is 3.42. The molecule has 0 amide bonds. The molecule has 1 aromatic carbocycles. The lowest BCUT2D eigenvalue weighted by molar-refractivity contribution is -0.151. The molecule has 0 fully saturated rings. The molecule has 0 aromatic heterocycles. The van der Waals surface area contributed by atoms with Gasteiger partial charge in [-0.15, -0.1) is 0 Å². The first-order chi connectivity index (χ1) is 9.35. The minimum absolute atomic E-state index is 0.0360. The normalized spacial score (nSPS) is 11.6. The van der Waals surface area contributed by atoms with Gasteiger partial charge in [-0.3, -0.25) is 9.59 Å². The Bertz CT molecular complexity index is 495. The average molecular weight is 274 g/mol. The maximum Gasteiger partial charge on any atom is 0.311 e. The number of methoxy groups -OCH3 is 1. The Hall–Kier alpha value is -1.90. The molecule has 0 aliphatic heterocycles. The molecule has 0 saturated heterocycles. The Balaban J connectivity index is 2.62. The monoisotopic (exact) mass is 274 g/mol. The second-order valence-electron chi connectivity index (χ2n) is 5.56. The minimum Gasteiger partial charge on any atom is -0.469 e. The van der Waals surface area contributed by atoms with Gasteiger partial charge in [-0.05, 0) is 50.8 Å². The van der Waals surface area contributed by atoms with Crippen molar-refractivity contribution < 1.29 is 14.3 Å². The summed E-state index contributed by atoms with van der Waals surface area (Å²) >= 11 is 0. The molecule has 3 heteroatoms. The summed E-state index contributed by atoms with van der Waals surface area (Å²) in [5, 5.41) is 0. The zero-order valence-corrected chi connectivity index (χ0v) is 12.6. The highest BCUT2D eigenvalue weighted by Gasteiger charge is 2.27. The molecule has 1 aromatic rings. The maximum atomic E-state index is 11.6. The van der Waals surface area contributed by atoms with E-state index in [0.717, 1.165) is 18.4 Å². The van der Waals surface area contributed by atoms with Crippen LogP contribution in [0.3, 0.4) is 0 Å². The second kappa shape index (κ2) is 7.04. The number of rotatable bonds is 6. The van der Waals surface area contributed by atoms with E-state index in [4.69, 9.17) is 4.74 Å². The zero-order chi connectivity index (χ0) is 15.2. The Morgan fingerprint density at radius 1 is 1.20 bits per heavy atom. The molecule has 1 rings (SSSR count). The first-order valence-corrected chi connectivity index (χ1v) is 6.71. The van der Waals surface area contributed by atoms with Crippen LogP contribution in [0, 0.1) is 5.41 Å². The van der Waals surface area contributed by atoms with E-state index in [9.17, 15) is 9.59 Å². The molecular weight excluding hydrogens is 252 g/mol. The Morgan fingerprint density at radius 3 is 2.30 bits per heavy atom. The van der Waals surface area contributed by atoms with E-state index < -0.39 is 5.41 Å². The fourth-order valence-electron chi connectivity index (χ4n) is 1.84. The summed E-state index contributed by atoms with van der Waals surface area (Å²) in [6, 6.07) is 7.99. The molecule has 20 heavy (non-hydrogen) atoms. The Morgan fingerprint density at radius 2 is 1.80 bits per heavy atom. The number of esters is 1. The van der Waals surface area contributed by atoms with Crippen molar-refractivity contribution in [3.63, 3.8) is 0 Å². The molecule has 0 aliphatic rings. The van der Waals surface area contributed by atoms with Gasteiger partial charge in [0.15, 0.2) is 5.78 Å². The van der Waals surface area contributed by atoms with Crippen LogP contribution in [0.25, 0.3) is 6.08 Å². The van der Waals surface area contributed by atoms with Crippen LogP contribution in [-0.2, 0) is 20.7 Å². The van der Waals surface area contributed by atoms with E-state index >= 15 is 0 Å². The van der Waals surface area contributed by atoms with Crippen molar-refractivity contribution in [2.24, 2.45) is 5.41 Å². The molecule has 0 spiro atoms. The van der Waals surface area contributed by atoms with Crippen molar-refractivity contribution in [2.75, 3.05) is 7.11 Å². The smallest absolute Gasteiger partial charge is 0.311 e. The molecule has 0 saturated carbocycles. The molecular formula is C17H22O3. The Kier molecular flexibility index (Phi) is 5.68. The van der Waals surface area contributed by atoms with Crippen LogP contribution in [0.2, 0.25) is 0 Å². The third-order valence-corrected chi connectivity index (χ3v) is 3.27. The number of carbonyl (C=O) groups excluding carboxylic acids is 2. The number of hydrogen-bond donors (Lipinski definition) is 0. The lowest BCUT2D eigenvalue weighted by Gasteiger charge is -2.21. The highest BCUT2D eigenvalue weighted by atomic mass is 16.5. The van der Waals surface area contributed by atoms with E-state index in [0.29, 0.717) is 0 Å².